The van der Waals surface area contributed by atoms with Crippen LogP contribution in [-0.2, 0) is 21.0 Å². The number of carbonyl (C=O) groups is 1. The van der Waals surface area contributed by atoms with Crippen molar-refractivity contribution in [2.75, 3.05) is 38.7 Å². The summed E-state index contributed by atoms with van der Waals surface area (Å²) >= 11 is 1.74. The summed E-state index contributed by atoms with van der Waals surface area (Å²) in [5.74, 6) is 0.542. The second kappa shape index (κ2) is 21.6. The van der Waals surface area contributed by atoms with Gasteiger partial charge in [0.05, 0.1) is 29.8 Å². The number of ether oxygens (including phenoxy) is 3. The number of nitro groups is 1. The first-order valence-corrected chi connectivity index (χ1v) is 23.3. The predicted molar refractivity (Wildman–Crippen MR) is 240 cm³/mol. The third kappa shape index (κ3) is 10.4. The molecule has 2 saturated carbocycles. The van der Waals surface area contributed by atoms with Gasteiger partial charge in [0.1, 0.15) is 24.1 Å². The van der Waals surface area contributed by atoms with Crippen molar-refractivity contribution in [1.29, 1.82) is 0 Å². The third-order valence-electron chi connectivity index (χ3n) is 12.6. The Labute approximate surface area is 369 Å². The van der Waals surface area contributed by atoms with Crippen molar-refractivity contribution in [2.24, 2.45) is 28.8 Å². The number of rotatable bonds is 24. The fraction of sp³-hybridized carbons (Fsp3) is 0.510. The highest BCUT2D eigenvalue weighted by Crippen LogP contribution is 2.62. The maximum atomic E-state index is 14.5. The van der Waals surface area contributed by atoms with E-state index in [9.17, 15) is 25.1 Å². The van der Waals surface area contributed by atoms with Crippen molar-refractivity contribution in [1.82, 2.24) is 4.90 Å². The molecular weight excluding hydrogens is 807 g/mol. The van der Waals surface area contributed by atoms with E-state index in [2.05, 4.69) is 37.8 Å². The van der Waals surface area contributed by atoms with Gasteiger partial charge in [0.15, 0.2) is 0 Å². The minimum Gasteiger partial charge on any atom is -0.493 e. The zero-order valence-corrected chi connectivity index (χ0v) is 36.6. The van der Waals surface area contributed by atoms with E-state index in [0.29, 0.717) is 43.9 Å². The van der Waals surface area contributed by atoms with Gasteiger partial charge in [0.2, 0.25) is 11.7 Å². The first-order valence-electron chi connectivity index (χ1n) is 22.4. The van der Waals surface area contributed by atoms with Gasteiger partial charge in [0, 0.05) is 66.4 Å². The van der Waals surface area contributed by atoms with Crippen molar-refractivity contribution in [3.05, 3.63) is 118 Å². The molecule has 1 amide bonds. The second-order valence-electron chi connectivity index (χ2n) is 16.8. The van der Waals surface area contributed by atoms with E-state index < -0.39 is 22.7 Å². The Morgan fingerprint density at radius 3 is 2.50 bits per heavy atom. The lowest BCUT2D eigenvalue weighted by molar-refractivity contribution is -0.384. The van der Waals surface area contributed by atoms with Gasteiger partial charge in [0.25, 0.3) is 5.69 Å². The standard InChI is InChI=1S/C49H61N3O9S/c1-3-24-51(48(55)35-18-19-35)45-32-43(50-60-33-34-16-20-37(21-17-34)52(56)57)41-30-36(12-8-10-25-53)40(15-9-11-26-54)46-42-31-38(58-28-29-62-39-13-6-5-7-14-39)22-23-44(42)61-49(45,47(41)46)59-27-4-2/h4-7,13-14,16-17,20-23,30-31,35-36,40,45-47,53-54H,2-3,8-12,15,18-19,24-29,32-33H2,1H3. The van der Waals surface area contributed by atoms with Crippen LogP contribution in [0.15, 0.2) is 107 Å². The summed E-state index contributed by atoms with van der Waals surface area (Å²) < 4.78 is 20.9. The second-order valence-corrected chi connectivity index (χ2v) is 18.0. The maximum Gasteiger partial charge on any atom is 0.269 e. The number of aliphatic hydroxyl groups excluding tert-OH is 2. The number of benzene rings is 3. The molecule has 6 atom stereocenters. The highest BCUT2D eigenvalue weighted by atomic mass is 32.2. The largest absolute Gasteiger partial charge is 0.493 e. The topological polar surface area (TPSA) is 153 Å². The molecule has 332 valence electrons. The molecule has 0 bridgehead atoms. The zero-order valence-electron chi connectivity index (χ0n) is 35.8. The average molecular weight is 868 g/mol. The average Bonchev–Trinajstić information content (AvgIpc) is 4.14. The molecule has 0 saturated heterocycles. The van der Waals surface area contributed by atoms with Crippen molar-refractivity contribution in [3.8, 4) is 11.5 Å². The van der Waals surface area contributed by atoms with Crippen molar-refractivity contribution < 1.29 is 39.0 Å². The number of nitro benzene ring substituents is 1. The van der Waals surface area contributed by atoms with Crippen LogP contribution in [0.4, 0.5) is 5.69 Å². The minimum absolute atomic E-state index is 0.00112. The van der Waals surface area contributed by atoms with Gasteiger partial charge in [-0.1, -0.05) is 55.3 Å². The van der Waals surface area contributed by atoms with E-state index in [1.807, 2.05) is 35.2 Å². The van der Waals surface area contributed by atoms with Gasteiger partial charge in [-0.25, -0.2) is 0 Å². The van der Waals surface area contributed by atoms with Crippen LogP contribution in [0.25, 0.3) is 0 Å². The Kier molecular flexibility index (Phi) is 15.8. The number of fused-ring (bicyclic) bond motifs is 2. The van der Waals surface area contributed by atoms with Crippen LogP contribution < -0.4 is 9.47 Å². The van der Waals surface area contributed by atoms with Crippen LogP contribution in [0.2, 0.25) is 0 Å². The fourth-order valence-corrected chi connectivity index (χ4v) is 10.4. The van der Waals surface area contributed by atoms with Crippen molar-refractivity contribution in [2.45, 2.75) is 100 Å². The normalized spacial score (nSPS) is 24.3. The number of amides is 1. The summed E-state index contributed by atoms with van der Waals surface area (Å²) in [6.45, 7) is 7.64. The van der Waals surface area contributed by atoms with Gasteiger partial charge in [-0.2, -0.15) is 0 Å². The van der Waals surface area contributed by atoms with Gasteiger partial charge >= 0.3 is 0 Å². The Balaban J connectivity index is 1.35. The summed E-state index contributed by atoms with van der Waals surface area (Å²) in [4.78, 5) is 34.7. The van der Waals surface area contributed by atoms with Crippen LogP contribution in [0.3, 0.4) is 0 Å². The molecule has 2 fully saturated rings. The number of aliphatic hydroxyl groups is 2. The highest BCUT2D eigenvalue weighted by Gasteiger charge is 2.65. The number of oxime groups is 1. The molecule has 4 aliphatic rings. The molecule has 1 heterocycles. The molecule has 6 unspecified atom stereocenters. The van der Waals surface area contributed by atoms with E-state index in [1.165, 1.54) is 17.0 Å². The number of allylic oxidation sites excluding steroid dienone is 1. The van der Waals surface area contributed by atoms with E-state index in [1.54, 1.807) is 30.0 Å². The van der Waals surface area contributed by atoms with Crippen LogP contribution >= 0.6 is 11.8 Å². The predicted octanol–water partition coefficient (Wildman–Crippen LogP) is 9.25. The molecule has 0 spiro atoms. The molecule has 1 aliphatic heterocycles. The summed E-state index contributed by atoms with van der Waals surface area (Å²) in [5.41, 5.74) is 3.41. The third-order valence-corrected chi connectivity index (χ3v) is 13.6. The zero-order chi connectivity index (χ0) is 43.5. The molecule has 3 aromatic carbocycles. The highest BCUT2D eigenvalue weighted by molar-refractivity contribution is 7.99. The first-order chi connectivity index (χ1) is 30.3. The molecule has 2 N–H and O–H groups in total. The Hall–Kier alpha value is -4.69. The Morgan fingerprint density at radius 2 is 1.81 bits per heavy atom. The molecule has 12 nitrogen and oxygen atoms in total. The van der Waals surface area contributed by atoms with E-state index in [0.717, 1.165) is 73.1 Å². The van der Waals surface area contributed by atoms with E-state index in [-0.39, 0.29) is 61.7 Å². The number of carbonyl (C=O) groups excluding carboxylic acids is 1. The maximum absolute atomic E-state index is 14.5. The number of thioether (sulfide) groups is 1. The van der Waals surface area contributed by atoms with Gasteiger partial charge in [-0.15, -0.1) is 18.3 Å². The number of hydrogen-bond acceptors (Lipinski definition) is 11. The first kappa shape index (κ1) is 45.3. The summed E-state index contributed by atoms with van der Waals surface area (Å²) in [6, 6.07) is 22.0. The van der Waals surface area contributed by atoms with Crippen molar-refractivity contribution in [3.63, 3.8) is 0 Å². The molecule has 0 aromatic heterocycles. The molecule has 0 radical (unpaired) electrons. The summed E-state index contributed by atoms with van der Waals surface area (Å²) in [5, 5.41) is 36.1. The van der Waals surface area contributed by atoms with Gasteiger partial charge in [-0.3, -0.25) is 14.9 Å². The number of nitrogens with zero attached hydrogens (tertiary/aromatic N) is 3. The lowest BCUT2D eigenvalue weighted by atomic mass is 9.55. The van der Waals surface area contributed by atoms with Gasteiger partial charge in [-0.05, 0) is 110 Å². The monoisotopic (exact) mass is 867 g/mol. The van der Waals surface area contributed by atoms with Crippen LogP contribution in [0.5, 0.6) is 11.5 Å². The van der Waals surface area contributed by atoms with Crippen LogP contribution in [0, 0.1) is 33.8 Å². The van der Waals surface area contributed by atoms with E-state index in [4.69, 9.17) is 24.2 Å². The summed E-state index contributed by atoms with van der Waals surface area (Å²) in [6.07, 6.45) is 11.5. The smallest absolute Gasteiger partial charge is 0.269 e. The molecule has 3 aromatic rings. The minimum atomic E-state index is -1.31. The molecule has 3 aliphatic carbocycles. The fourth-order valence-electron chi connectivity index (χ4n) is 9.70. The quantitative estimate of drug-likeness (QED) is 0.0293. The van der Waals surface area contributed by atoms with Gasteiger partial charge < -0.3 is 34.2 Å². The van der Waals surface area contributed by atoms with Crippen LogP contribution in [0.1, 0.15) is 88.2 Å². The van der Waals surface area contributed by atoms with Crippen LogP contribution in [-0.4, -0.2) is 82.2 Å². The molecule has 13 heteroatoms. The Morgan fingerprint density at radius 1 is 1.05 bits per heavy atom. The SMILES string of the molecule is C=CCOC12Oc3ccc(OCCSc4ccccc4)cc3C3C(CCCCO)C(CCCCO)C=C(C(=NOCc4ccc([N+](=O)[O-])cc4)CC1N(CCC)C(=O)C1CC1)C32. The molecule has 62 heavy (non-hydrogen) atoms. The Bertz CT molecular complexity index is 2040. The van der Waals surface area contributed by atoms with E-state index >= 15 is 0 Å². The van der Waals surface area contributed by atoms with Crippen molar-refractivity contribution >= 4 is 29.1 Å². The number of unbranched alkanes of at least 4 members (excludes halogenated alkanes) is 2. The lowest BCUT2D eigenvalue weighted by Crippen LogP contribution is -2.70. The number of non-ortho nitro benzene ring substituents is 1. The molecular formula is C49H61N3O9S. The number of hydrogen-bond donors (Lipinski definition) is 2. The molecule has 7 rings (SSSR count). The lowest BCUT2D eigenvalue weighted by Gasteiger charge is -2.60. The summed E-state index contributed by atoms with van der Waals surface area (Å²) in [7, 11) is 0.